The minimum atomic E-state index is -0.204. The number of rotatable bonds is 2. The average molecular weight is 238 g/mol. The Morgan fingerprint density at radius 1 is 1.17 bits per heavy atom. The summed E-state index contributed by atoms with van der Waals surface area (Å²) < 4.78 is 5.53. The van der Waals surface area contributed by atoms with E-state index in [0.717, 1.165) is 10.9 Å². The average Bonchev–Trinajstić information content (AvgIpc) is 2.81. The monoisotopic (exact) mass is 238 g/mol. The lowest BCUT2D eigenvalue weighted by Gasteiger charge is -1.94. The highest BCUT2D eigenvalue weighted by Crippen LogP contribution is 2.22. The summed E-state index contributed by atoms with van der Waals surface area (Å²) in [5, 5.41) is 0.926. The van der Waals surface area contributed by atoms with Gasteiger partial charge in [-0.25, -0.2) is 9.97 Å². The van der Waals surface area contributed by atoms with Crippen LogP contribution < -0.4 is 0 Å². The molecule has 0 saturated carbocycles. The van der Waals surface area contributed by atoms with Gasteiger partial charge in [0, 0.05) is 17.8 Å². The van der Waals surface area contributed by atoms with Crippen molar-refractivity contribution in [1.29, 1.82) is 0 Å². The Balaban J connectivity index is 2.07. The van der Waals surface area contributed by atoms with E-state index in [1.807, 2.05) is 25.1 Å². The first-order chi connectivity index (χ1) is 8.74. The number of ketones is 1. The molecule has 0 atom stereocenters. The molecule has 4 heteroatoms. The second kappa shape index (κ2) is 4.07. The third-order valence-electron chi connectivity index (χ3n) is 2.72. The second-order valence-corrected chi connectivity index (χ2v) is 4.11. The molecule has 3 aromatic rings. The van der Waals surface area contributed by atoms with Crippen molar-refractivity contribution in [3.63, 3.8) is 0 Å². The summed E-state index contributed by atoms with van der Waals surface area (Å²) in [7, 11) is 0. The molecule has 0 saturated heterocycles. The van der Waals surface area contributed by atoms with Crippen LogP contribution in [0, 0.1) is 6.92 Å². The molecule has 0 amide bonds. The Morgan fingerprint density at radius 2 is 1.94 bits per heavy atom. The zero-order valence-corrected chi connectivity index (χ0v) is 9.75. The van der Waals surface area contributed by atoms with Crippen molar-refractivity contribution in [1.82, 2.24) is 9.97 Å². The van der Waals surface area contributed by atoms with Crippen LogP contribution in [0.4, 0.5) is 0 Å². The molecule has 2 aromatic heterocycles. The van der Waals surface area contributed by atoms with E-state index in [1.165, 1.54) is 18.7 Å². The van der Waals surface area contributed by atoms with Crippen molar-refractivity contribution in [3.8, 4) is 0 Å². The molecule has 0 N–H and O–H groups in total. The molecular weight excluding hydrogens is 228 g/mol. The van der Waals surface area contributed by atoms with E-state index in [0.29, 0.717) is 16.9 Å². The Morgan fingerprint density at radius 3 is 2.72 bits per heavy atom. The summed E-state index contributed by atoms with van der Waals surface area (Å²) in [5.74, 6) is 0.106. The van der Waals surface area contributed by atoms with Gasteiger partial charge in [-0.05, 0) is 25.1 Å². The van der Waals surface area contributed by atoms with Crippen LogP contribution in [0.25, 0.3) is 11.0 Å². The van der Waals surface area contributed by atoms with Crippen molar-refractivity contribution < 1.29 is 9.21 Å². The highest BCUT2D eigenvalue weighted by Gasteiger charge is 2.14. The third kappa shape index (κ3) is 1.78. The van der Waals surface area contributed by atoms with Crippen LogP contribution in [-0.2, 0) is 0 Å². The first kappa shape index (κ1) is 10.7. The normalized spacial score (nSPS) is 10.7. The standard InChI is InChI=1S/C14H10N2O2/c1-9-2-3-12-10(4-9)5-13(18-12)14(17)11-6-15-8-16-7-11/h2-8H,1H3. The molecule has 0 aliphatic rings. The molecule has 0 aliphatic carbocycles. The van der Waals surface area contributed by atoms with Gasteiger partial charge in [0.05, 0.1) is 5.56 Å². The topological polar surface area (TPSA) is 56.0 Å². The van der Waals surface area contributed by atoms with E-state index in [1.54, 1.807) is 6.07 Å². The van der Waals surface area contributed by atoms with E-state index in [4.69, 9.17) is 4.42 Å². The van der Waals surface area contributed by atoms with E-state index in [2.05, 4.69) is 9.97 Å². The van der Waals surface area contributed by atoms with Crippen LogP contribution in [0.2, 0.25) is 0 Å². The number of aryl methyl sites for hydroxylation is 1. The van der Waals surface area contributed by atoms with Crippen molar-refractivity contribution in [2.24, 2.45) is 0 Å². The maximum absolute atomic E-state index is 12.1. The van der Waals surface area contributed by atoms with Crippen LogP contribution in [0.5, 0.6) is 0 Å². The highest BCUT2D eigenvalue weighted by molar-refractivity contribution is 6.08. The molecule has 0 aliphatic heterocycles. The van der Waals surface area contributed by atoms with Crippen LogP contribution >= 0.6 is 0 Å². The molecular formula is C14H10N2O2. The van der Waals surface area contributed by atoms with Crippen LogP contribution in [-0.4, -0.2) is 15.8 Å². The van der Waals surface area contributed by atoms with Gasteiger partial charge in [-0.3, -0.25) is 4.79 Å². The van der Waals surface area contributed by atoms with Gasteiger partial charge in [-0.1, -0.05) is 11.6 Å². The molecule has 0 bridgehead atoms. The fourth-order valence-corrected chi connectivity index (χ4v) is 1.83. The van der Waals surface area contributed by atoms with Gasteiger partial charge in [-0.2, -0.15) is 0 Å². The zero-order valence-electron chi connectivity index (χ0n) is 9.75. The fourth-order valence-electron chi connectivity index (χ4n) is 1.83. The Bertz CT molecular complexity index is 717. The molecule has 1 aromatic carbocycles. The third-order valence-corrected chi connectivity index (χ3v) is 2.72. The van der Waals surface area contributed by atoms with Gasteiger partial charge < -0.3 is 4.42 Å². The predicted octanol–water partition coefficient (Wildman–Crippen LogP) is 2.76. The van der Waals surface area contributed by atoms with E-state index < -0.39 is 0 Å². The number of aromatic nitrogens is 2. The summed E-state index contributed by atoms with van der Waals surface area (Å²) in [6.45, 7) is 2.00. The van der Waals surface area contributed by atoms with Gasteiger partial charge in [0.1, 0.15) is 11.9 Å². The van der Waals surface area contributed by atoms with Crippen molar-refractivity contribution >= 4 is 16.8 Å². The molecule has 0 spiro atoms. The summed E-state index contributed by atoms with van der Waals surface area (Å²) in [6, 6.07) is 7.55. The lowest BCUT2D eigenvalue weighted by atomic mass is 10.1. The minimum Gasteiger partial charge on any atom is -0.453 e. The van der Waals surface area contributed by atoms with Crippen LogP contribution in [0.15, 0.2) is 47.4 Å². The lowest BCUT2D eigenvalue weighted by molar-refractivity contribution is 0.101. The number of carbonyl (C=O) groups is 1. The molecule has 18 heavy (non-hydrogen) atoms. The molecule has 2 heterocycles. The maximum Gasteiger partial charge on any atom is 0.231 e. The quantitative estimate of drug-likeness (QED) is 0.644. The van der Waals surface area contributed by atoms with Crippen molar-refractivity contribution in [3.05, 3.63) is 59.9 Å². The van der Waals surface area contributed by atoms with Gasteiger partial charge in [0.25, 0.3) is 0 Å². The highest BCUT2D eigenvalue weighted by atomic mass is 16.3. The summed E-state index contributed by atoms with van der Waals surface area (Å²) in [6.07, 6.45) is 4.35. The molecule has 3 rings (SSSR count). The van der Waals surface area contributed by atoms with Gasteiger partial charge in [0.15, 0.2) is 5.76 Å². The maximum atomic E-state index is 12.1. The number of nitrogens with zero attached hydrogens (tertiary/aromatic N) is 2. The molecule has 4 nitrogen and oxygen atoms in total. The minimum absolute atomic E-state index is 0.204. The molecule has 0 unspecified atom stereocenters. The van der Waals surface area contributed by atoms with Crippen LogP contribution in [0.1, 0.15) is 21.7 Å². The fraction of sp³-hybridized carbons (Fsp3) is 0.0714. The van der Waals surface area contributed by atoms with E-state index in [-0.39, 0.29) is 5.78 Å². The summed E-state index contributed by atoms with van der Waals surface area (Å²) >= 11 is 0. The Kier molecular flexibility index (Phi) is 2.41. The SMILES string of the molecule is Cc1ccc2oc(C(=O)c3cncnc3)cc2c1. The predicted molar refractivity (Wildman–Crippen MR) is 66.4 cm³/mol. The largest absolute Gasteiger partial charge is 0.453 e. The van der Waals surface area contributed by atoms with Crippen LogP contribution in [0.3, 0.4) is 0 Å². The van der Waals surface area contributed by atoms with Crippen molar-refractivity contribution in [2.45, 2.75) is 6.92 Å². The Hall–Kier alpha value is -2.49. The van der Waals surface area contributed by atoms with Gasteiger partial charge in [0.2, 0.25) is 5.78 Å². The van der Waals surface area contributed by atoms with E-state index in [9.17, 15) is 4.79 Å². The first-order valence-corrected chi connectivity index (χ1v) is 5.54. The second-order valence-electron chi connectivity index (χ2n) is 4.11. The first-order valence-electron chi connectivity index (χ1n) is 5.54. The number of furan rings is 1. The number of fused-ring (bicyclic) bond motifs is 1. The molecule has 88 valence electrons. The number of hydrogen-bond acceptors (Lipinski definition) is 4. The molecule has 0 radical (unpaired) electrons. The zero-order chi connectivity index (χ0) is 12.5. The van der Waals surface area contributed by atoms with Crippen molar-refractivity contribution in [2.75, 3.05) is 0 Å². The summed E-state index contributed by atoms with van der Waals surface area (Å²) in [5.41, 5.74) is 2.26. The number of hydrogen-bond donors (Lipinski definition) is 0. The number of benzene rings is 1. The van der Waals surface area contributed by atoms with Gasteiger partial charge in [-0.15, -0.1) is 0 Å². The number of carbonyl (C=O) groups excluding carboxylic acids is 1. The summed E-state index contributed by atoms with van der Waals surface area (Å²) in [4.78, 5) is 19.8. The molecule has 0 fully saturated rings. The van der Waals surface area contributed by atoms with Gasteiger partial charge >= 0.3 is 0 Å². The smallest absolute Gasteiger partial charge is 0.231 e. The Labute approximate surface area is 103 Å². The van der Waals surface area contributed by atoms with E-state index >= 15 is 0 Å². The lowest BCUT2D eigenvalue weighted by Crippen LogP contribution is -2.00.